The Morgan fingerprint density at radius 2 is 2.00 bits per heavy atom. The van der Waals surface area contributed by atoms with Crippen LogP contribution in [-0.2, 0) is 10.0 Å². The van der Waals surface area contributed by atoms with Gasteiger partial charge in [-0.05, 0) is 24.1 Å². The summed E-state index contributed by atoms with van der Waals surface area (Å²) in [5.74, 6) is 0. The molecule has 0 aliphatic carbocycles. The molecular weight excluding hydrogens is 266 g/mol. The number of hydrogen-bond donors (Lipinski definition) is 3. The van der Waals surface area contributed by atoms with Crippen LogP contribution < -0.4 is 10.5 Å². The zero-order valence-electron chi connectivity index (χ0n) is 10.6. The van der Waals surface area contributed by atoms with Crippen molar-refractivity contribution < 1.29 is 13.5 Å². The lowest BCUT2D eigenvalue weighted by Gasteiger charge is -2.14. The van der Waals surface area contributed by atoms with E-state index in [-0.39, 0.29) is 13.0 Å². The van der Waals surface area contributed by atoms with Crippen LogP contribution in [0, 0.1) is 11.3 Å². The van der Waals surface area contributed by atoms with Crippen molar-refractivity contribution >= 4 is 15.7 Å². The van der Waals surface area contributed by atoms with Gasteiger partial charge in [0.1, 0.15) is 0 Å². The molecule has 1 aromatic rings. The molecule has 0 heterocycles. The second-order valence-electron chi connectivity index (χ2n) is 4.10. The summed E-state index contributed by atoms with van der Waals surface area (Å²) in [6.45, 7) is 1.44. The van der Waals surface area contributed by atoms with E-state index in [1.165, 1.54) is 0 Å². The van der Waals surface area contributed by atoms with Crippen LogP contribution in [0.4, 0.5) is 5.69 Å². The van der Waals surface area contributed by atoms with Crippen LogP contribution in [0.3, 0.4) is 0 Å². The molecule has 104 valence electrons. The Bertz CT molecular complexity index is 549. The highest BCUT2D eigenvalue weighted by atomic mass is 32.2. The first-order valence-electron chi connectivity index (χ1n) is 5.82. The Morgan fingerprint density at radius 1 is 1.42 bits per heavy atom. The fraction of sp³-hybridized carbons (Fsp3) is 0.417. The van der Waals surface area contributed by atoms with Crippen molar-refractivity contribution in [1.29, 1.82) is 5.26 Å². The molecule has 0 saturated carbocycles. The van der Waals surface area contributed by atoms with E-state index in [1.54, 1.807) is 37.3 Å². The van der Waals surface area contributed by atoms with Crippen molar-refractivity contribution in [2.45, 2.75) is 24.7 Å². The fourth-order valence-electron chi connectivity index (χ4n) is 1.51. The summed E-state index contributed by atoms with van der Waals surface area (Å²) in [7, 11) is -3.73. The van der Waals surface area contributed by atoms with Crippen molar-refractivity contribution in [3.8, 4) is 6.07 Å². The van der Waals surface area contributed by atoms with Gasteiger partial charge < -0.3 is 10.8 Å². The molecule has 1 rings (SSSR count). The molecule has 0 radical (unpaired) electrons. The number of nitrogens with two attached hydrogens (primary N) is 1. The zero-order chi connectivity index (χ0) is 14.5. The van der Waals surface area contributed by atoms with Gasteiger partial charge in [-0.1, -0.05) is 19.1 Å². The van der Waals surface area contributed by atoms with Gasteiger partial charge in [-0.25, -0.2) is 13.1 Å². The number of benzene rings is 1. The standard InChI is InChI=1S/C12H17N3O3S/c1-2-11(7-13)19(17,18)15-8-12(16)9-3-5-10(14)6-4-9/h3-6,11-12,15-16H,2,8,14H2,1H3. The number of nitrogens with one attached hydrogen (secondary N) is 1. The minimum atomic E-state index is -3.73. The van der Waals surface area contributed by atoms with Gasteiger partial charge in [0, 0.05) is 12.2 Å². The number of rotatable bonds is 6. The topological polar surface area (TPSA) is 116 Å². The Kier molecular flexibility index (Phi) is 5.30. The molecule has 1 aromatic carbocycles. The number of nitrogen functional groups attached to an aromatic ring is 1. The third kappa shape index (κ3) is 4.21. The van der Waals surface area contributed by atoms with Crippen molar-refractivity contribution in [2.24, 2.45) is 0 Å². The predicted molar refractivity (Wildman–Crippen MR) is 72.4 cm³/mol. The van der Waals surface area contributed by atoms with Crippen LogP contribution in [0.15, 0.2) is 24.3 Å². The minimum Gasteiger partial charge on any atom is -0.399 e. The van der Waals surface area contributed by atoms with E-state index >= 15 is 0 Å². The summed E-state index contributed by atoms with van der Waals surface area (Å²) >= 11 is 0. The Morgan fingerprint density at radius 3 is 2.47 bits per heavy atom. The van der Waals surface area contributed by atoms with Gasteiger partial charge in [0.05, 0.1) is 12.2 Å². The molecule has 2 atom stereocenters. The number of anilines is 1. The second kappa shape index (κ2) is 6.52. The van der Waals surface area contributed by atoms with Gasteiger partial charge in [0.15, 0.2) is 5.25 Å². The largest absolute Gasteiger partial charge is 0.399 e. The second-order valence-corrected chi connectivity index (χ2v) is 6.05. The number of nitrogens with zero attached hydrogens (tertiary/aromatic N) is 1. The summed E-state index contributed by atoms with van der Waals surface area (Å²) in [5, 5.41) is 17.5. The van der Waals surface area contributed by atoms with Crippen molar-refractivity contribution in [2.75, 3.05) is 12.3 Å². The summed E-state index contributed by atoms with van der Waals surface area (Å²) < 4.78 is 25.7. The van der Waals surface area contributed by atoms with Gasteiger partial charge in [-0.3, -0.25) is 0 Å². The van der Waals surface area contributed by atoms with Gasteiger partial charge in [0.2, 0.25) is 10.0 Å². The van der Waals surface area contributed by atoms with E-state index in [1.807, 2.05) is 0 Å². The third-order valence-electron chi connectivity index (χ3n) is 2.69. The Hall–Kier alpha value is -1.62. The maximum atomic E-state index is 11.7. The summed E-state index contributed by atoms with van der Waals surface area (Å²) in [6, 6.07) is 8.20. The molecule has 2 unspecified atom stereocenters. The van der Waals surface area contributed by atoms with Crippen LogP contribution >= 0.6 is 0 Å². The van der Waals surface area contributed by atoms with Crippen LogP contribution in [0.1, 0.15) is 25.0 Å². The monoisotopic (exact) mass is 283 g/mol. The van der Waals surface area contributed by atoms with Gasteiger partial charge in [0.25, 0.3) is 0 Å². The molecular formula is C12H17N3O3S. The van der Waals surface area contributed by atoms with Gasteiger partial charge in [-0.15, -0.1) is 0 Å². The number of aliphatic hydroxyl groups is 1. The molecule has 0 aromatic heterocycles. The molecule has 0 bridgehead atoms. The van der Waals surface area contributed by atoms with E-state index < -0.39 is 21.4 Å². The lowest BCUT2D eigenvalue weighted by Crippen LogP contribution is -2.35. The van der Waals surface area contributed by atoms with Gasteiger partial charge in [-0.2, -0.15) is 5.26 Å². The van der Waals surface area contributed by atoms with Crippen LogP contribution in [0.5, 0.6) is 0 Å². The molecule has 6 nitrogen and oxygen atoms in total. The first-order valence-corrected chi connectivity index (χ1v) is 7.37. The van der Waals surface area contributed by atoms with E-state index in [0.29, 0.717) is 11.3 Å². The van der Waals surface area contributed by atoms with Crippen molar-refractivity contribution in [3.05, 3.63) is 29.8 Å². The van der Waals surface area contributed by atoms with E-state index in [0.717, 1.165) is 0 Å². The molecule has 19 heavy (non-hydrogen) atoms. The van der Waals surface area contributed by atoms with E-state index in [9.17, 15) is 13.5 Å². The number of hydrogen-bond acceptors (Lipinski definition) is 5. The average molecular weight is 283 g/mol. The number of sulfonamides is 1. The molecule has 0 saturated heterocycles. The highest BCUT2D eigenvalue weighted by Gasteiger charge is 2.23. The average Bonchev–Trinajstić information content (AvgIpc) is 2.38. The number of aliphatic hydroxyl groups excluding tert-OH is 1. The summed E-state index contributed by atoms with van der Waals surface area (Å²) in [6.07, 6.45) is -0.782. The first-order chi connectivity index (χ1) is 8.90. The van der Waals surface area contributed by atoms with Gasteiger partial charge >= 0.3 is 0 Å². The molecule has 0 amide bonds. The highest BCUT2D eigenvalue weighted by molar-refractivity contribution is 7.90. The fourth-order valence-corrected chi connectivity index (χ4v) is 2.68. The molecule has 0 aliphatic heterocycles. The van der Waals surface area contributed by atoms with Crippen LogP contribution in [0.25, 0.3) is 0 Å². The molecule has 7 heteroatoms. The molecule has 0 fully saturated rings. The molecule has 4 N–H and O–H groups in total. The quantitative estimate of drug-likeness (QED) is 0.658. The SMILES string of the molecule is CCC(C#N)S(=O)(=O)NCC(O)c1ccc(N)cc1. The minimum absolute atomic E-state index is 0.176. The van der Waals surface area contributed by atoms with Crippen molar-refractivity contribution in [3.63, 3.8) is 0 Å². The maximum Gasteiger partial charge on any atom is 0.228 e. The lowest BCUT2D eigenvalue weighted by atomic mass is 10.1. The van der Waals surface area contributed by atoms with Crippen LogP contribution in [0.2, 0.25) is 0 Å². The third-order valence-corrected chi connectivity index (χ3v) is 4.45. The molecule has 0 spiro atoms. The van der Waals surface area contributed by atoms with Crippen LogP contribution in [-0.4, -0.2) is 25.3 Å². The van der Waals surface area contributed by atoms with E-state index in [4.69, 9.17) is 11.0 Å². The normalized spacial score (nSPS) is 14.6. The lowest BCUT2D eigenvalue weighted by molar-refractivity contribution is 0.182. The Labute approximate surface area is 112 Å². The smallest absolute Gasteiger partial charge is 0.228 e. The summed E-state index contributed by atoms with van der Waals surface area (Å²) in [4.78, 5) is 0. The first kappa shape index (κ1) is 15.4. The predicted octanol–water partition coefficient (Wildman–Crippen LogP) is 0.524. The molecule has 0 aliphatic rings. The highest BCUT2D eigenvalue weighted by Crippen LogP contribution is 2.14. The summed E-state index contributed by atoms with van der Waals surface area (Å²) in [5.41, 5.74) is 6.64. The maximum absolute atomic E-state index is 11.7. The van der Waals surface area contributed by atoms with Crippen molar-refractivity contribution in [1.82, 2.24) is 4.72 Å². The number of nitriles is 1. The Balaban J connectivity index is 2.67. The van der Waals surface area contributed by atoms with E-state index in [2.05, 4.69) is 4.72 Å². The zero-order valence-corrected chi connectivity index (χ0v) is 11.4.